The maximum absolute atomic E-state index is 12.6. The van der Waals surface area contributed by atoms with Crippen LogP contribution in [-0.2, 0) is 0 Å². The first-order valence-corrected chi connectivity index (χ1v) is 8.23. The summed E-state index contributed by atoms with van der Waals surface area (Å²) in [7, 11) is 0. The summed E-state index contributed by atoms with van der Waals surface area (Å²) in [4.78, 5) is 14.7. The van der Waals surface area contributed by atoms with Crippen LogP contribution in [0.3, 0.4) is 0 Å². The minimum atomic E-state index is 0.157. The van der Waals surface area contributed by atoms with Gasteiger partial charge in [0.15, 0.2) is 5.78 Å². The van der Waals surface area contributed by atoms with E-state index in [1.807, 2.05) is 24.4 Å². The molecule has 0 fully saturated rings. The predicted molar refractivity (Wildman–Crippen MR) is 100 cm³/mol. The van der Waals surface area contributed by atoms with Crippen molar-refractivity contribution in [3.05, 3.63) is 84.1 Å². The normalized spacial score (nSPS) is 14.2. The Hall–Kier alpha value is -2.87. The van der Waals surface area contributed by atoms with E-state index in [0.29, 0.717) is 6.54 Å². The molecule has 24 heavy (non-hydrogen) atoms. The molecule has 0 atom stereocenters. The van der Waals surface area contributed by atoms with Crippen LogP contribution in [0.2, 0.25) is 0 Å². The smallest absolute Gasteiger partial charge is 0.182 e. The van der Waals surface area contributed by atoms with E-state index in [4.69, 9.17) is 0 Å². The molecular formula is C22H19NO. The molecule has 118 valence electrons. The average molecular weight is 313 g/mol. The number of hydrogen-bond donors (Lipinski definition) is 0. The highest BCUT2D eigenvalue weighted by Crippen LogP contribution is 2.26. The Kier molecular flexibility index (Phi) is 3.66. The van der Waals surface area contributed by atoms with Crippen LogP contribution < -0.4 is 0 Å². The van der Waals surface area contributed by atoms with E-state index >= 15 is 0 Å². The minimum absolute atomic E-state index is 0.157. The molecular weight excluding hydrogens is 294 g/mol. The van der Waals surface area contributed by atoms with Gasteiger partial charge in [-0.25, -0.2) is 0 Å². The molecule has 0 saturated heterocycles. The third-order valence-electron chi connectivity index (χ3n) is 4.54. The number of hydrogen-bond acceptors (Lipinski definition) is 2. The molecule has 1 aliphatic heterocycles. The summed E-state index contributed by atoms with van der Waals surface area (Å²) in [5, 5.41) is 4.77. The van der Waals surface area contributed by atoms with Gasteiger partial charge in [0.05, 0.1) is 6.54 Å². The molecule has 0 unspecified atom stereocenters. The fourth-order valence-electron chi connectivity index (χ4n) is 3.33. The largest absolute Gasteiger partial charge is 0.366 e. The van der Waals surface area contributed by atoms with E-state index in [1.165, 1.54) is 21.7 Å². The highest BCUT2D eigenvalue weighted by Gasteiger charge is 2.12. The van der Waals surface area contributed by atoms with Crippen molar-refractivity contribution in [3.8, 4) is 0 Å². The highest BCUT2D eigenvalue weighted by atomic mass is 16.1. The van der Waals surface area contributed by atoms with Gasteiger partial charge >= 0.3 is 0 Å². The number of allylic oxidation sites excluding steroid dienone is 2. The summed E-state index contributed by atoms with van der Waals surface area (Å²) in [6, 6.07) is 18.6. The van der Waals surface area contributed by atoms with Gasteiger partial charge in [0.1, 0.15) is 0 Å². The summed E-state index contributed by atoms with van der Waals surface area (Å²) in [5.41, 5.74) is 2.05. The van der Waals surface area contributed by atoms with Crippen molar-refractivity contribution in [2.24, 2.45) is 0 Å². The number of benzene rings is 3. The first-order chi connectivity index (χ1) is 11.7. The van der Waals surface area contributed by atoms with E-state index in [1.54, 1.807) is 0 Å². The van der Waals surface area contributed by atoms with Crippen molar-refractivity contribution < 1.29 is 4.79 Å². The molecule has 1 aliphatic rings. The first-order valence-electron chi connectivity index (χ1n) is 8.23. The first kappa shape index (κ1) is 14.7. The monoisotopic (exact) mass is 313 g/mol. The van der Waals surface area contributed by atoms with Crippen molar-refractivity contribution in [1.29, 1.82) is 0 Å². The molecule has 3 aromatic carbocycles. The molecule has 2 heteroatoms. The molecule has 1 heterocycles. The summed E-state index contributed by atoms with van der Waals surface area (Å²) >= 11 is 0. The van der Waals surface area contributed by atoms with E-state index in [2.05, 4.69) is 60.4 Å². The van der Waals surface area contributed by atoms with Gasteiger partial charge in [-0.1, -0.05) is 60.2 Å². The number of carbonyl (C=O) groups excluding carboxylic acids is 1. The zero-order valence-electron chi connectivity index (χ0n) is 13.7. The molecule has 0 bridgehead atoms. The number of Topliss-reactive ketones (excluding diaryl/α,β-unsaturated/α-hetero) is 1. The molecule has 0 radical (unpaired) electrons. The molecule has 4 rings (SSSR count). The van der Waals surface area contributed by atoms with E-state index in [9.17, 15) is 4.79 Å². The van der Waals surface area contributed by atoms with Crippen LogP contribution >= 0.6 is 0 Å². The van der Waals surface area contributed by atoms with Gasteiger partial charge in [-0.05, 0) is 46.8 Å². The van der Waals surface area contributed by atoms with Gasteiger partial charge in [-0.15, -0.1) is 0 Å². The molecule has 0 saturated carbocycles. The van der Waals surface area contributed by atoms with Crippen LogP contribution in [-0.4, -0.2) is 23.8 Å². The molecule has 0 N–H and O–H groups in total. The van der Waals surface area contributed by atoms with Gasteiger partial charge in [0.2, 0.25) is 0 Å². The summed E-state index contributed by atoms with van der Waals surface area (Å²) < 4.78 is 0. The standard InChI is InChI=1S/C22H19NO/c1-16-5-4-12-23(14-16)15-22(24)19-10-11-21-18(13-19)9-8-17-6-2-3-7-20(17)21/h2-13H,14-15H2,1H3. The lowest BCUT2D eigenvalue weighted by atomic mass is 9.99. The van der Waals surface area contributed by atoms with Gasteiger partial charge in [-0.2, -0.15) is 0 Å². The van der Waals surface area contributed by atoms with Crippen LogP contribution in [0, 0.1) is 0 Å². The summed E-state index contributed by atoms with van der Waals surface area (Å²) in [6.07, 6.45) is 6.07. The third kappa shape index (κ3) is 2.71. The summed E-state index contributed by atoms with van der Waals surface area (Å²) in [5.74, 6) is 0.157. The van der Waals surface area contributed by atoms with E-state index in [-0.39, 0.29) is 5.78 Å². The highest BCUT2D eigenvalue weighted by molar-refractivity contribution is 6.10. The quantitative estimate of drug-likeness (QED) is 0.503. The Morgan fingerprint density at radius 2 is 1.79 bits per heavy atom. The van der Waals surface area contributed by atoms with Gasteiger partial charge in [0, 0.05) is 12.1 Å². The molecule has 2 nitrogen and oxygen atoms in total. The molecule has 3 aromatic rings. The Labute approximate surface area is 141 Å². The number of nitrogens with zero attached hydrogens (tertiary/aromatic N) is 1. The van der Waals surface area contributed by atoms with E-state index in [0.717, 1.165) is 17.5 Å². The van der Waals surface area contributed by atoms with Crippen molar-refractivity contribution in [1.82, 2.24) is 4.90 Å². The van der Waals surface area contributed by atoms with Crippen molar-refractivity contribution >= 4 is 27.3 Å². The average Bonchev–Trinajstić information content (AvgIpc) is 2.61. The van der Waals surface area contributed by atoms with Crippen LogP contribution in [0.25, 0.3) is 21.5 Å². The second-order valence-electron chi connectivity index (χ2n) is 6.41. The topological polar surface area (TPSA) is 20.3 Å². The number of carbonyl (C=O) groups is 1. The zero-order chi connectivity index (χ0) is 16.5. The number of rotatable bonds is 3. The summed E-state index contributed by atoms with van der Waals surface area (Å²) in [6.45, 7) is 3.32. The lowest BCUT2D eigenvalue weighted by Crippen LogP contribution is -2.27. The number of ketones is 1. The van der Waals surface area contributed by atoms with Crippen LogP contribution in [0.1, 0.15) is 17.3 Å². The van der Waals surface area contributed by atoms with Gasteiger partial charge < -0.3 is 4.90 Å². The predicted octanol–water partition coefficient (Wildman–Crippen LogP) is 4.95. The fraction of sp³-hybridized carbons (Fsp3) is 0.136. The van der Waals surface area contributed by atoms with Crippen LogP contribution in [0.15, 0.2) is 78.5 Å². The third-order valence-corrected chi connectivity index (χ3v) is 4.54. The van der Waals surface area contributed by atoms with Gasteiger partial charge in [-0.3, -0.25) is 4.79 Å². The second-order valence-corrected chi connectivity index (χ2v) is 6.41. The lowest BCUT2D eigenvalue weighted by molar-refractivity contribution is 0.0958. The van der Waals surface area contributed by atoms with Crippen molar-refractivity contribution in [3.63, 3.8) is 0 Å². The fourth-order valence-corrected chi connectivity index (χ4v) is 3.33. The maximum atomic E-state index is 12.6. The lowest BCUT2D eigenvalue weighted by Gasteiger charge is -2.22. The Morgan fingerprint density at radius 3 is 2.67 bits per heavy atom. The van der Waals surface area contributed by atoms with Crippen LogP contribution in [0.4, 0.5) is 0 Å². The second kappa shape index (κ2) is 5.97. The van der Waals surface area contributed by atoms with Gasteiger partial charge in [0.25, 0.3) is 0 Å². The zero-order valence-corrected chi connectivity index (χ0v) is 13.7. The molecule has 0 aromatic heterocycles. The Morgan fingerprint density at radius 1 is 1.00 bits per heavy atom. The van der Waals surface area contributed by atoms with Crippen molar-refractivity contribution in [2.75, 3.05) is 13.1 Å². The van der Waals surface area contributed by atoms with Crippen LogP contribution in [0.5, 0.6) is 0 Å². The molecule has 0 aliphatic carbocycles. The number of fused-ring (bicyclic) bond motifs is 3. The Balaban J connectivity index is 1.65. The Bertz CT molecular complexity index is 997. The SMILES string of the molecule is CC1=CC=CN(CC(=O)c2ccc3c(ccc4ccccc43)c2)C1. The molecule has 0 amide bonds. The van der Waals surface area contributed by atoms with Crippen molar-refractivity contribution in [2.45, 2.75) is 6.92 Å². The van der Waals surface area contributed by atoms with E-state index < -0.39 is 0 Å². The minimum Gasteiger partial charge on any atom is -0.366 e. The molecule has 0 spiro atoms. The maximum Gasteiger partial charge on any atom is 0.182 e.